The molecule has 1 heterocycles. The maximum atomic E-state index is 12.9. The van der Waals surface area contributed by atoms with Gasteiger partial charge >= 0.3 is 6.09 Å². The Morgan fingerprint density at radius 2 is 1.96 bits per heavy atom. The Labute approximate surface area is 166 Å². The van der Waals surface area contributed by atoms with Gasteiger partial charge in [0.1, 0.15) is 11.4 Å². The molecule has 0 radical (unpaired) electrons. The predicted molar refractivity (Wildman–Crippen MR) is 107 cm³/mol. The van der Waals surface area contributed by atoms with E-state index in [9.17, 15) is 9.59 Å². The molecule has 1 fully saturated rings. The third-order valence-electron chi connectivity index (χ3n) is 4.55. The van der Waals surface area contributed by atoms with Gasteiger partial charge in [0.25, 0.3) is 0 Å². The molecule has 1 amide bonds. The lowest BCUT2D eigenvalue weighted by Gasteiger charge is -2.32. The van der Waals surface area contributed by atoms with Crippen molar-refractivity contribution in [1.82, 2.24) is 5.32 Å². The zero-order valence-corrected chi connectivity index (χ0v) is 17.1. The number of anilines is 1. The van der Waals surface area contributed by atoms with E-state index in [1.54, 1.807) is 23.1 Å². The summed E-state index contributed by atoms with van der Waals surface area (Å²) in [6, 6.07) is 6.83. The quantitative estimate of drug-likeness (QED) is 0.751. The maximum Gasteiger partial charge on any atom is 0.414 e. The Morgan fingerprint density at radius 1 is 1.29 bits per heavy atom. The van der Waals surface area contributed by atoms with Gasteiger partial charge in [-0.1, -0.05) is 0 Å². The summed E-state index contributed by atoms with van der Waals surface area (Å²) in [5.41, 5.74) is 0.327. The standard InChI is InChI=1S/C21H29N3O4/c1-21(2,3)28-20(26)24(14-15-8-11-23-12-9-15)16-5-6-17(18(25)7-10-22)19(13-16)27-4/h5-6,13,15,23H,7-9,11-12,14H2,1-4H3. The molecular weight excluding hydrogens is 358 g/mol. The van der Waals surface area contributed by atoms with Crippen molar-refractivity contribution in [3.05, 3.63) is 23.8 Å². The van der Waals surface area contributed by atoms with Gasteiger partial charge in [0.05, 0.1) is 30.9 Å². The van der Waals surface area contributed by atoms with Crippen molar-refractivity contribution in [2.24, 2.45) is 5.92 Å². The number of hydrogen-bond donors (Lipinski definition) is 1. The summed E-state index contributed by atoms with van der Waals surface area (Å²) >= 11 is 0. The van der Waals surface area contributed by atoms with Crippen LogP contribution in [0.5, 0.6) is 5.75 Å². The van der Waals surface area contributed by atoms with E-state index in [2.05, 4.69) is 5.32 Å². The van der Waals surface area contributed by atoms with Crippen LogP contribution in [-0.4, -0.2) is 44.2 Å². The molecule has 0 bridgehead atoms. The van der Waals surface area contributed by atoms with E-state index in [0.29, 0.717) is 29.5 Å². The van der Waals surface area contributed by atoms with Gasteiger partial charge in [0.2, 0.25) is 0 Å². The third kappa shape index (κ3) is 5.96. The second kappa shape index (κ2) is 9.56. The second-order valence-electron chi connectivity index (χ2n) is 7.93. The fourth-order valence-corrected chi connectivity index (χ4v) is 3.17. The van der Waals surface area contributed by atoms with Crippen LogP contribution in [0, 0.1) is 17.2 Å². The molecule has 1 N–H and O–H groups in total. The highest BCUT2D eigenvalue weighted by Crippen LogP contribution is 2.29. The number of rotatable bonds is 6. The van der Waals surface area contributed by atoms with Crippen LogP contribution in [-0.2, 0) is 4.74 Å². The average Bonchev–Trinajstić information content (AvgIpc) is 2.65. The lowest BCUT2D eigenvalue weighted by Crippen LogP contribution is -2.42. The Kier molecular flexibility index (Phi) is 7.41. The average molecular weight is 387 g/mol. The molecule has 2 rings (SSSR count). The SMILES string of the molecule is COc1cc(N(CC2CCNCC2)C(=O)OC(C)(C)C)ccc1C(=O)CC#N. The van der Waals surface area contributed by atoms with Crippen molar-refractivity contribution >= 4 is 17.6 Å². The molecule has 0 saturated carbocycles. The van der Waals surface area contributed by atoms with Crippen LogP contribution in [0.2, 0.25) is 0 Å². The predicted octanol–water partition coefficient (Wildman–Crippen LogP) is 3.53. The molecule has 7 heteroatoms. The summed E-state index contributed by atoms with van der Waals surface area (Å²) in [7, 11) is 1.47. The van der Waals surface area contributed by atoms with Crippen molar-refractivity contribution < 1.29 is 19.1 Å². The summed E-state index contributed by atoms with van der Waals surface area (Å²) < 4.78 is 11.0. The largest absolute Gasteiger partial charge is 0.496 e. The number of amides is 1. The smallest absolute Gasteiger partial charge is 0.414 e. The minimum Gasteiger partial charge on any atom is -0.496 e. The number of nitrogens with one attached hydrogen (secondary N) is 1. The lowest BCUT2D eigenvalue weighted by molar-refractivity contribution is 0.0572. The molecule has 0 atom stereocenters. The molecule has 1 aliphatic heterocycles. The fourth-order valence-electron chi connectivity index (χ4n) is 3.17. The summed E-state index contributed by atoms with van der Waals surface area (Å²) in [6.45, 7) is 7.88. The van der Waals surface area contributed by atoms with Gasteiger partial charge < -0.3 is 14.8 Å². The number of nitrogens with zero attached hydrogens (tertiary/aromatic N) is 2. The van der Waals surface area contributed by atoms with Crippen molar-refractivity contribution in [2.45, 2.75) is 45.6 Å². The fraction of sp³-hybridized carbons (Fsp3) is 0.571. The zero-order valence-electron chi connectivity index (χ0n) is 17.1. The van der Waals surface area contributed by atoms with Gasteiger partial charge in [-0.3, -0.25) is 9.69 Å². The topological polar surface area (TPSA) is 91.7 Å². The number of methoxy groups -OCH3 is 1. The summed E-state index contributed by atoms with van der Waals surface area (Å²) in [5, 5.41) is 12.1. The van der Waals surface area contributed by atoms with Crippen LogP contribution < -0.4 is 15.0 Å². The second-order valence-corrected chi connectivity index (χ2v) is 7.93. The Balaban J connectivity index is 2.34. The molecule has 0 aromatic heterocycles. The highest BCUT2D eigenvalue weighted by molar-refractivity contribution is 6.01. The molecule has 1 aromatic carbocycles. The van der Waals surface area contributed by atoms with Crippen molar-refractivity contribution in [1.29, 1.82) is 5.26 Å². The van der Waals surface area contributed by atoms with Crippen LogP contribution in [0.3, 0.4) is 0 Å². The third-order valence-corrected chi connectivity index (χ3v) is 4.55. The van der Waals surface area contributed by atoms with E-state index in [1.165, 1.54) is 7.11 Å². The molecule has 0 aliphatic carbocycles. The minimum atomic E-state index is -0.615. The molecule has 0 spiro atoms. The number of Topliss-reactive ketones (excluding diaryl/α,β-unsaturated/α-hetero) is 1. The van der Waals surface area contributed by atoms with E-state index in [1.807, 2.05) is 26.8 Å². The first kappa shape index (κ1) is 21.7. The van der Waals surface area contributed by atoms with Crippen LogP contribution in [0.15, 0.2) is 18.2 Å². The Hall–Kier alpha value is -2.59. The number of carbonyl (C=O) groups is 2. The van der Waals surface area contributed by atoms with Gasteiger partial charge in [0.15, 0.2) is 5.78 Å². The Bertz CT molecular complexity index is 743. The molecular formula is C21H29N3O4. The van der Waals surface area contributed by atoms with Gasteiger partial charge in [0, 0.05) is 12.6 Å². The van der Waals surface area contributed by atoms with E-state index >= 15 is 0 Å². The molecule has 1 aromatic rings. The van der Waals surface area contributed by atoms with Gasteiger partial charge in [-0.05, 0) is 64.8 Å². The maximum absolute atomic E-state index is 12.9. The minimum absolute atomic E-state index is 0.222. The van der Waals surface area contributed by atoms with E-state index in [0.717, 1.165) is 25.9 Å². The number of benzene rings is 1. The normalized spacial score (nSPS) is 14.8. The van der Waals surface area contributed by atoms with Crippen LogP contribution >= 0.6 is 0 Å². The Morgan fingerprint density at radius 3 is 2.54 bits per heavy atom. The zero-order chi connectivity index (χ0) is 20.7. The summed E-state index contributed by atoms with van der Waals surface area (Å²) in [4.78, 5) is 26.6. The molecule has 1 aliphatic rings. The summed E-state index contributed by atoms with van der Waals surface area (Å²) in [6.07, 6.45) is 1.31. The first-order chi connectivity index (χ1) is 13.2. The first-order valence-corrected chi connectivity index (χ1v) is 9.54. The highest BCUT2D eigenvalue weighted by atomic mass is 16.6. The van der Waals surface area contributed by atoms with Crippen LogP contribution in [0.1, 0.15) is 50.4 Å². The highest BCUT2D eigenvalue weighted by Gasteiger charge is 2.27. The van der Waals surface area contributed by atoms with Crippen LogP contribution in [0.4, 0.5) is 10.5 Å². The summed E-state index contributed by atoms with van der Waals surface area (Å²) in [5.74, 6) is 0.393. The molecule has 0 unspecified atom stereocenters. The van der Waals surface area contributed by atoms with Crippen molar-refractivity contribution in [3.8, 4) is 11.8 Å². The van der Waals surface area contributed by atoms with Gasteiger partial charge in [-0.25, -0.2) is 4.79 Å². The number of nitriles is 1. The monoisotopic (exact) mass is 387 g/mol. The molecule has 1 saturated heterocycles. The van der Waals surface area contributed by atoms with Gasteiger partial charge in [-0.2, -0.15) is 5.26 Å². The first-order valence-electron chi connectivity index (χ1n) is 9.54. The van der Waals surface area contributed by atoms with Crippen molar-refractivity contribution in [3.63, 3.8) is 0 Å². The van der Waals surface area contributed by atoms with E-state index in [4.69, 9.17) is 14.7 Å². The van der Waals surface area contributed by atoms with Crippen molar-refractivity contribution in [2.75, 3.05) is 31.6 Å². The molecule has 7 nitrogen and oxygen atoms in total. The number of ether oxygens (including phenoxy) is 2. The van der Waals surface area contributed by atoms with E-state index in [-0.39, 0.29) is 12.2 Å². The van der Waals surface area contributed by atoms with Crippen LogP contribution in [0.25, 0.3) is 0 Å². The number of ketones is 1. The number of hydrogen-bond acceptors (Lipinski definition) is 6. The lowest BCUT2D eigenvalue weighted by atomic mass is 9.97. The number of piperidine rings is 1. The van der Waals surface area contributed by atoms with E-state index < -0.39 is 11.7 Å². The van der Waals surface area contributed by atoms with Gasteiger partial charge in [-0.15, -0.1) is 0 Å². The molecule has 152 valence electrons. The molecule has 28 heavy (non-hydrogen) atoms. The number of carbonyl (C=O) groups excluding carboxylic acids is 2.